The fourth-order valence-electron chi connectivity index (χ4n) is 1.68. The van der Waals surface area contributed by atoms with Crippen molar-refractivity contribution in [3.05, 3.63) is 34.9 Å². The van der Waals surface area contributed by atoms with E-state index in [2.05, 4.69) is 5.32 Å². The number of rotatable bonds is 6. The zero-order chi connectivity index (χ0) is 13.6. The molecular weight excluding hydrogens is 263 g/mol. The second-order valence-corrected chi connectivity index (χ2v) is 4.84. The van der Waals surface area contributed by atoms with Crippen molar-refractivity contribution in [3.8, 4) is 0 Å². The van der Waals surface area contributed by atoms with Crippen molar-refractivity contribution in [1.29, 1.82) is 0 Å². The highest BCUT2D eigenvalue weighted by atomic mass is 35.5. The van der Waals surface area contributed by atoms with Crippen molar-refractivity contribution < 1.29 is 13.2 Å². The molecule has 0 radical (unpaired) electrons. The van der Waals surface area contributed by atoms with Crippen LogP contribution in [-0.2, 0) is 6.42 Å². The van der Waals surface area contributed by atoms with Crippen LogP contribution in [0, 0.1) is 0 Å². The average Bonchev–Trinajstić information content (AvgIpc) is 2.26. The molecule has 0 aliphatic carbocycles. The molecule has 0 aliphatic rings. The van der Waals surface area contributed by atoms with Gasteiger partial charge in [-0.1, -0.05) is 23.7 Å². The van der Waals surface area contributed by atoms with Crippen LogP contribution in [0.2, 0.25) is 5.02 Å². The minimum absolute atomic E-state index is 0.120. The molecule has 1 rings (SSSR count). The number of benzene rings is 1. The van der Waals surface area contributed by atoms with E-state index < -0.39 is 12.6 Å². The average molecular weight is 280 g/mol. The van der Waals surface area contributed by atoms with Gasteiger partial charge in [0.05, 0.1) is 0 Å². The highest BCUT2D eigenvalue weighted by molar-refractivity contribution is 6.30. The summed E-state index contributed by atoms with van der Waals surface area (Å²) < 4.78 is 35.8. The third-order valence-electron chi connectivity index (χ3n) is 2.58. The van der Waals surface area contributed by atoms with Gasteiger partial charge in [-0.15, -0.1) is 0 Å². The van der Waals surface area contributed by atoms with Gasteiger partial charge >= 0.3 is 6.18 Å². The van der Waals surface area contributed by atoms with Crippen LogP contribution >= 0.6 is 11.6 Å². The van der Waals surface area contributed by atoms with Crippen LogP contribution in [0.5, 0.6) is 0 Å². The predicted octanol–water partition coefficient (Wildman–Crippen LogP) is 4.20. The van der Waals surface area contributed by atoms with E-state index in [0.717, 1.165) is 12.0 Å². The maximum Gasteiger partial charge on any atom is 0.389 e. The Bertz CT molecular complexity index is 348. The quantitative estimate of drug-likeness (QED) is 0.770. The zero-order valence-electron chi connectivity index (χ0n) is 10.2. The van der Waals surface area contributed by atoms with E-state index in [1.807, 2.05) is 31.2 Å². The van der Waals surface area contributed by atoms with Crippen LogP contribution < -0.4 is 5.32 Å². The summed E-state index contributed by atoms with van der Waals surface area (Å²) in [6, 6.07) is 7.63. The molecule has 1 nitrogen and oxygen atoms in total. The lowest BCUT2D eigenvalue weighted by Gasteiger charge is -2.14. The number of alkyl halides is 3. The molecule has 1 unspecified atom stereocenters. The molecule has 1 aromatic rings. The summed E-state index contributed by atoms with van der Waals surface area (Å²) in [6.07, 6.45) is -3.88. The number of hydrogen-bond donors (Lipinski definition) is 1. The fraction of sp³-hybridized carbons (Fsp3) is 0.538. The Morgan fingerprint density at radius 2 is 1.83 bits per heavy atom. The van der Waals surface area contributed by atoms with E-state index >= 15 is 0 Å². The Morgan fingerprint density at radius 3 is 2.39 bits per heavy atom. The Labute approximate surface area is 110 Å². The molecular formula is C13H17ClF3N. The smallest absolute Gasteiger partial charge is 0.314 e. The van der Waals surface area contributed by atoms with Gasteiger partial charge < -0.3 is 5.32 Å². The first-order valence-electron chi connectivity index (χ1n) is 5.91. The highest BCUT2D eigenvalue weighted by Crippen LogP contribution is 2.20. The van der Waals surface area contributed by atoms with Gasteiger partial charge in [-0.3, -0.25) is 0 Å². The summed E-state index contributed by atoms with van der Waals surface area (Å²) >= 11 is 5.77. The maximum absolute atomic E-state index is 11.9. The Kier molecular flexibility index (Phi) is 5.96. The van der Waals surface area contributed by atoms with E-state index in [9.17, 15) is 13.2 Å². The third-order valence-corrected chi connectivity index (χ3v) is 2.84. The maximum atomic E-state index is 11.9. The summed E-state index contributed by atoms with van der Waals surface area (Å²) in [4.78, 5) is 0. The van der Waals surface area contributed by atoms with E-state index in [1.165, 1.54) is 0 Å². The van der Waals surface area contributed by atoms with Gasteiger partial charge in [0.15, 0.2) is 0 Å². The summed E-state index contributed by atoms with van der Waals surface area (Å²) in [7, 11) is 0. The molecule has 18 heavy (non-hydrogen) atoms. The lowest BCUT2D eigenvalue weighted by molar-refractivity contribution is -0.135. The topological polar surface area (TPSA) is 12.0 Å². The van der Waals surface area contributed by atoms with Gasteiger partial charge in [0, 0.05) is 17.5 Å². The first-order chi connectivity index (χ1) is 8.37. The molecule has 0 saturated carbocycles. The Balaban J connectivity index is 2.21. The molecule has 102 valence electrons. The lowest BCUT2D eigenvalue weighted by Crippen LogP contribution is -2.29. The second-order valence-electron chi connectivity index (χ2n) is 4.40. The number of hydrogen-bond acceptors (Lipinski definition) is 1. The SMILES string of the molecule is CC(Cc1ccc(Cl)cc1)NCCCC(F)(F)F. The van der Waals surface area contributed by atoms with Crippen molar-refractivity contribution in [1.82, 2.24) is 5.32 Å². The molecule has 0 amide bonds. The lowest BCUT2D eigenvalue weighted by atomic mass is 10.1. The normalized spacial score (nSPS) is 13.6. The molecule has 0 aliphatic heterocycles. The van der Waals surface area contributed by atoms with E-state index in [-0.39, 0.29) is 12.5 Å². The molecule has 0 bridgehead atoms. The Hall–Kier alpha value is -0.740. The highest BCUT2D eigenvalue weighted by Gasteiger charge is 2.25. The van der Waals surface area contributed by atoms with Crippen LogP contribution in [0.15, 0.2) is 24.3 Å². The molecule has 0 saturated heterocycles. The van der Waals surface area contributed by atoms with E-state index in [4.69, 9.17) is 11.6 Å². The second kappa shape index (κ2) is 7.00. The predicted molar refractivity (Wildman–Crippen MR) is 67.9 cm³/mol. The molecule has 0 aromatic heterocycles. The van der Waals surface area contributed by atoms with Gasteiger partial charge in [0.2, 0.25) is 0 Å². The molecule has 0 heterocycles. The zero-order valence-corrected chi connectivity index (χ0v) is 11.0. The van der Waals surface area contributed by atoms with E-state index in [0.29, 0.717) is 11.6 Å². The van der Waals surface area contributed by atoms with Crippen molar-refractivity contribution in [2.24, 2.45) is 0 Å². The first kappa shape index (κ1) is 15.3. The molecule has 1 N–H and O–H groups in total. The van der Waals surface area contributed by atoms with E-state index in [1.54, 1.807) is 0 Å². The van der Waals surface area contributed by atoms with Gasteiger partial charge in [-0.2, -0.15) is 13.2 Å². The number of halogens is 4. The van der Waals surface area contributed by atoms with Gasteiger partial charge in [-0.05, 0) is 44.0 Å². The number of nitrogens with one attached hydrogen (secondary N) is 1. The van der Waals surface area contributed by atoms with Crippen molar-refractivity contribution in [2.45, 2.75) is 38.4 Å². The van der Waals surface area contributed by atoms with Crippen LogP contribution in [0.4, 0.5) is 13.2 Å². The molecule has 0 spiro atoms. The van der Waals surface area contributed by atoms with Crippen LogP contribution in [0.25, 0.3) is 0 Å². The summed E-state index contributed by atoms with van der Waals surface area (Å²) in [5.41, 5.74) is 1.12. The summed E-state index contributed by atoms with van der Waals surface area (Å²) in [5.74, 6) is 0. The van der Waals surface area contributed by atoms with Crippen LogP contribution in [-0.4, -0.2) is 18.8 Å². The molecule has 1 aromatic carbocycles. The van der Waals surface area contributed by atoms with Crippen molar-refractivity contribution >= 4 is 11.6 Å². The summed E-state index contributed by atoms with van der Waals surface area (Å²) in [6.45, 7) is 2.34. The standard InChI is InChI=1S/C13H17ClF3N/c1-10(18-8-2-7-13(15,16)17)9-11-3-5-12(14)6-4-11/h3-6,10,18H,2,7-9H2,1H3. The minimum atomic E-state index is -4.05. The van der Waals surface area contributed by atoms with Gasteiger partial charge in [0.25, 0.3) is 0 Å². The monoisotopic (exact) mass is 279 g/mol. The molecule has 0 fully saturated rings. The molecule has 1 atom stereocenters. The minimum Gasteiger partial charge on any atom is -0.314 e. The largest absolute Gasteiger partial charge is 0.389 e. The van der Waals surface area contributed by atoms with Crippen LogP contribution in [0.1, 0.15) is 25.3 Å². The van der Waals surface area contributed by atoms with Crippen LogP contribution in [0.3, 0.4) is 0 Å². The van der Waals surface area contributed by atoms with Crippen molar-refractivity contribution in [2.75, 3.05) is 6.54 Å². The fourth-order valence-corrected chi connectivity index (χ4v) is 1.81. The molecule has 5 heteroatoms. The summed E-state index contributed by atoms with van der Waals surface area (Å²) in [5, 5.41) is 3.77. The van der Waals surface area contributed by atoms with Gasteiger partial charge in [-0.25, -0.2) is 0 Å². The van der Waals surface area contributed by atoms with Crippen molar-refractivity contribution in [3.63, 3.8) is 0 Å². The first-order valence-corrected chi connectivity index (χ1v) is 6.29. The third kappa shape index (κ3) is 6.87. The van der Waals surface area contributed by atoms with Gasteiger partial charge in [0.1, 0.15) is 0 Å². The Morgan fingerprint density at radius 1 is 1.22 bits per heavy atom.